The van der Waals surface area contributed by atoms with Crippen molar-refractivity contribution >= 4 is 5.91 Å². The molecule has 7 heteroatoms. The lowest BCUT2D eigenvalue weighted by atomic mass is 9.79. The molecular weight excluding hydrogens is 374 g/mol. The molecule has 3 rings (SSSR count). The molecule has 1 fully saturated rings. The fraction of sp³-hybridized carbons (Fsp3) is 0.318. The zero-order chi connectivity index (χ0) is 21.0. The van der Waals surface area contributed by atoms with Crippen LogP contribution in [0.4, 0.5) is 8.78 Å². The molecule has 148 valence electrons. The maximum atomic E-state index is 13.4. The Hall–Kier alpha value is -3.29. The minimum Gasteiger partial charge on any atom is -0.339 e. The van der Waals surface area contributed by atoms with Crippen molar-refractivity contribution in [1.29, 1.82) is 10.5 Å². The summed E-state index contributed by atoms with van der Waals surface area (Å²) in [7, 11) is 1.67. The van der Waals surface area contributed by atoms with Crippen LogP contribution in [0.5, 0.6) is 0 Å². The topological polar surface area (TPSA) is 79.9 Å². The fourth-order valence-corrected chi connectivity index (χ4v) is 3.53. The van der Waals surface area contributed by atoms with E-state index in [4.69, 9.17) is 5.26 Å². The molecule has 0 radical (unpaired) electrons. The van der Waals surface area contributed by atoms with Gasteiger partial charge < -0.3 is 10.2 Å². The first-order chi connectivity index (χ1) is 13.9. The molecule has 0 aliphatic carbocycles. The van der Waals surface area contributed by atoms with Crippen molar-refractivity contribution in [2.24, 2.45) is 5.41 Å². The predicted octanol–water partition coefficient (Wildman–Crippen LogP) is 2.97. The van der Waals surface area contributed by atoms with Crippen LogP contribution in [0.3, 0.4) is 0 Å². The van der Waals surface area contributed by atoms with Crippen molar-refractivity contribution in [3.63, 3.8) is 0 Å². The summed E-state index contributed by atoms with van der Waals surface area (Å²) in [5.74, 6) is -0.772. The molecular formula is C22H20F2N4O. The number of nitrogens with one attached hydrogen (secondary N) is 1. The molecule has 2 aromatic carbocycles. The zero-order valence-electron chi connectivity index (χ0n) is 15.9. The van der Waals surface area contributed by atoms with E-state index in [1.807, 2.05) is 42.5 Å². The number of alkyl halides is 2. The molecule has 0 bridgehead atoms. The predicted molar refractivity (Wildman–Crippen MR) is 104 cm³/mol. The summed E-state index contributed by atoms with van der Waals surface area (Å²) in [6.07, 6.45) is -2.55. The van der Waals surface area contributed by atoms with E-state index in [9.17, 15) is 18.8 Å². The zero-order valence-corrected chi connectivity index (χ0v) is 15.9. The van der Waals surface area contributed by atoms with E-state index in [0.717, 1.165) is 16.7 Å². The van der Waals surface area contributed by atoms with Gasteiger partial charge in [0.2, 0.25) is 5.91 Å². The second kappa shape index (κ2) is 8.38. The van der Waals surface area contributed by atoms with Crippen molar-refractivity contribution in [2.75, 3.05) is 20.1 Å². The highest BCUT2D eigenvalue weighted by Gasteiger charge is 2.55. The van der Waals surface area contributed by atoms with E-state index >= 15 is 0 Å². The van der Waals surface area contributed by atoms with Gasteiger partial charge in [0.05, 0.1) is 17.7 Å². The molecule has 1 aliphatic heterocycles. The number of rotatable bonds is 6. The Kier molecular flexibility index (Phi) is 5.91. The smallest absolute Gasteiger partial charge is 0.255 e. The summed E-state index contributed by atoms with van der Waals surface area (Å²) in [4.78, 5) is 14.0. The molecule has 1 atom stereocenters. The van der Waals surface area contributed by atoms with Gasteiger partial charge >= 0.3 is 0 Å². The monoisotopic (exact) mass is 394 g/mol. The fourth-order valence-electron chi connectivity index (χ4n) is 3.53. The highest BCUT2D eigenvalue weighted by Crippen LogP contribution is 2.36. The van der Waals surface area contributed by atoms with Crippen LogP contribution >= 0.6 is 0 Å². The highest BCUT2D eigenvalue weighted by atomic mass is 19.3. The van der Waals surface area contributed by atoms with E-state index in [1.54, 1.807) is 24.1 Å². The van der Waals surface area contributed by atoms with Crippen molar-refractivity contribution in [2.45, 2.75) is 18.9 Å². The first-order valence-corrected chi connectivity index (χ1v) is 9.15. The summed E-state index contributed by atoms with van der Waals surface area (Å²) in [5, 5.41) is 20.7. The number of likely N-dealkylation sites (tertiary alicyclic amines) is 1. The molecule has 0 saturated carbocycles. The van der Waals surface area contributed by atoms with Crippen LogP contribution in [-0.4, -0.2) is 43.4 Å². The number of nitrogens with zero attached hydrogens (tertiary/aromatic N) is 3. The second-order valence-corrected chi connectivity index (χ2v) is 7.37. The van der Waals surface area contributed by atoms with Crippen LogP contribution in [0.25, 0.3) is 11.1 Å². The van der Waals surface area contributed by atoms with Gasteiger partial charge in [-0.15, -0.1) is 0 Å². The van der Waals surface area contributed by atoms with E-state index in [2.05, 4.69) is 11.4 Å². The minimum absolute atomic E-state index is 0.0199. The lowest BCUT2D eigenvalue weighted by Crippen LogP contribution is -2.66. The van der Waals surface area contributed by atoms with Crippen LogP contribution in [0.15, 0.2) is 48.5 Å². The summed E-state index contributed by atoms with van der Waals surface area (Å²) >= 11 is 0. The Morgan fingerprint density at radius 1 is 1.10 bits per heavy atom. The summed E-state index contributed by atoms with van der Waals surface area (Å²) in [5.41, 5.74) is 1.56. The van der Waals surface area contributed by atoms with Gasteiger partial charge in [0, 0.05) is 19.5 Å². The number of hydrogen-bond donors (Lipinski definition) is 1. The third-order valence-corrected chi connectivity index (χ3v) is 5.18. The number of hydrogen-bond acceptors (Lipinski definition) is 4. The summed E-state index contributed by atoms with van der Waals surface area (Å²) < 4.78 is 26.8. The Morgan fingerprint density at radius 2 is 1.66 bits per heavy atom. The van der Waals surface area contributed by atoms with Gasteiger partial charge in [-0.3, -0.25) is 4.79 Å². The first kappa shape index (κ1) is 20.4. The second-order valence-electron chi connectivity index (χ2n) is 7.37. The van der Waals surface area contributed by atoms with E-state index in [-0.39, 0.29) is 19.5 Å². The SMILES string of the molecule is CN1CC(C(=O)NC(C#N)Cc2ccc(-c3ccc(C#N)cc3)cc2)(C(F)F)C1. The summed E-state index contributed by atoms with van der Waals surface area (Å²) in [6.45, 7) is -0.0398. The first-order valence-electron chi connectivity index (χ1n) is 9.15. The Labute approximate surface area is 168 Å². The Balaban J connectivity index is 1.66. The van der Waals surface area contributed by atoms with Gasteiger partial charge in [0.15, 0.2) is 0 Å². The van der Waals surface area contributed by atoms with Crippen molar-refractivity contribution in [3.8, 4) is 23.3 Å². The molecule has 1 unspecified atom stereocenters. The molecule has 29 heavy (non-hydrogen) atoms. The average Bonchev–Trinajstić information content (AvgIpc) is 2.71. The van der Waals surface area contributed by atoms with Gasteiger partial charge in [-0.2, -0.15) is 10.5 Å². The minimum atomic E-state index is -2.77. The van der Waals surface area contributed by atoms with Gasteiger partial charge in [-0.1, -0.05) is 36.4 Å². The van der Waals surface area contributed by atoms with Crippen molar-refractivity contribution in [3.05, 3.63) is 59.7 Å². The van der Waals surface area contributed by atoms with Gasteiger partial charge in [0.25, 0.3) is 6.43 Å². The van der Waals surface area contributed by atoms with Crippen LogP contribution in [-0.2, 0) is 11.2 Å². The largest absolute Gasteiger partial charge is 0.339 e. The maximum absolute atomic E-state index is 13.4. The number of amides is 1. The van der Waals surface area contributed by atoms with Gasteiger partial charge in [-0.05, 0) is 35.9 Å². The number of nitriles is 2. The van der Waals surface area contributed by atoms with E-state index in [1.165, 1.54) is 0 Å². The van der Waals surface area contributed by atoms with Crippen molar-refractivity contribution in [1.82, 2.24) is 10.2 Å². The summed E-state index contributed by atoms with van der Waals surface area (Å²) in [6, 6.07) is 17.8. The number of benzene rings is 2. The normalized spacial score (nSPS) is 16.3. The molecule has 2 aromatic rings. The number of halogens is 2. The molecule has 5 nitrogen and oxygen atoms in total. The van der Waals surface area contributed by atoms with Gasteiger partial charge in [-0.25, -0.2) is 8.78 Å². The van der Waals surface area contributed by atoms with Gasteiger partial charge in [0.1, 0.15) is 11.5 Å². The van der Waals surface area contributed by atoms with Crippen molar-refractivity contribution < 1.29 is 13.6 Å². The molecule has 1 saturated heterocycles. The van der Waals surface area contributed by atoms with Crippen LogP contribution in [0.1, 0.15) is 11.1 Å². The quantitative estimate of drug-likeness (QED) is 0.817. The molecule has 1 N–H and O–H groups in total. The van der Waals surface area contributed by atoms with Crippen LogP contribution in [0.2, 0.25) is 0 Å². The number of carbonyl (C=O) groups excluding carboxylic acids is 1. The number of carbonyl (C=O) groups is 1. The Bertz CT molecular complexity index is 952. The molecule has 1 heterocycles. The lowest BCUT2D eigenvalue weighted by Gasteiger charge is -2.46. The average molecular weight is 394 g/mol. The van der Waals surface area contributed by atoms with E-state index < -0.39 is 23.8 Å². The van der Waals surface area contributed by atoms with Crippen LogP contribution in [0, 0.1) is 28.1 Å². The third kappa shape index (κ3) is 4.26. The molecule has 1 amide bonds. The van der Waals surface area contributed by atoms with Crippen LogP contribution < -0.4 is 5.32 Å². The highest BCUT2D eigenvalue weighted by molar-refractivity contribution is 5.85. The Morgan fingerprint density at radius 3 is 2.10 bits per heavy atom. The molecule has 0 spiro atoms. The molecule has 0 aromatic heterocycles. The molecule has 1 aliphatic rings. The van der Waals surface area contributed by atoms with E-state index in [0.29, 0.717) is 5.56 Å². The maximum Gasteiger partial charge on any atom is 0.255 e. The third-order valence-electron chi connectivity index (χ3n) is 5.18. The lowest BCUT2D eigenvalue weighted by molar-refractivity contribution is -0.159. The standard InChI is InChI=1S/C22H20F2N4O/c1-28-13-22(14-28,20(23)24)21(29)27-19(12-26)10-15-2-6-17(7-3-15)18-8-4-16(11-25)5-9-18/h2-9,19-20H,10,13-14H2,1H3,(H,27,29).